The molecule has 1 aliphatic heterocycles. The summed E-state index contributed by atoms with van der Waals surface area (Å²) >= 11 is 12.0. The number of nitrogens with two attached hydrogens (primary N) is 1. The number of benzene rings is 1. The normalized spacial score (nSPS) is 21.1. The fourth-order valence-corrected chi connectivity index (χ4v) is 2.40. The van der Waals surface area contributed by atoms with E-state index >= 15 is 0 Å². The molecule has 21 heavy (non-hydrogen) atoms. The largest absolute Gasteiger partial charge is 0.383 e. The van der Waals surface area contributed by atoms with Crippen molar-refractivity contribution in [2.45, 2.75) is 30.3 Å². The van der Waals surface area contributed by atoms with Gasteiger partial charge in [-0.1, -0.05) is 60.5 Å². The van der Waals surface area contributed by atoms with Crippen LogP contribution in [0.5, 0.6) is 0 Å². The third-order valence-electron chi connectivity index (χ3n) is 3.05. The second-order valence-electron chi connectivity index (χ2n) is 4.66. The summed E-state index contributed by atoms with van der Waals surface area (Å²) < 4.78 is 0. The maximum atomic E-state index is 11.9. The number of carbonyl (C=O) groups is 1. The maximum Gasteiger partial charge on any atom is 0.222 e. The zero-order chi connectivity index (χ0) is 15.5. The van der Waals surface area contributed by atoms with Gasteiger partial charge in [0.05, 0.1) is 0 Å². The molecule has 0 aromatic heterocycles. The minimum Gasteiger partial charge on any atom is -0.383 e. The quantitative estimate of drug-likeness (QED) is 0.813. The molecule has 0 saturated heterocycles. The average molecular weight is 327 g/mol. The number of rotatable bonds is 5. The number of nitrogens with zero attached hydrogens (tertiary/aromatic N) is 2. The molecule has 0 saturated carbocycles. The molecule has 3 N–H and O–H groups in total. The van der Waals surface area contributed by atoms with Crippen molar-refractivity contribution in [2.24, 2.45) is 15.7 Å². The lowest BCUT2D eigenvalue weighted by Crippen LogP contribution is -2.59. The molecule has 2 rings (SSSR count). The molecule has 1 heterocycles. The van der Waals surface area contributed by atoms with E-state index in [0.717, 1.165) is 5.56 Å². The van der Waals surface area contributed by atoms with Crippen LogP contribution in [0.1, 0.15) is 25.3 Å². The van der Waals surface area contributed by atoms with E-state index in [4.69, 9.17) is 28.9 Å². The Balaban J connectivity index is 2.36. The van der Waals surface area contributed by atoms with Gasteiger partial charge in [-0.05, 0) is 6.42 Å². The summed E-state index contributed by atoms with van der Waals surface area (Å²) in [5.74, 6) is 0.261. The SMILES string of the molecule is CCCC(=O)N[C@]1(C(Cl)Cl)N=C(c2ccccc2)N=C1N. The molecule has 1 aromatic carbocycles. The Labute approximate surface area is 133 Å². The Morgan fingerprint density at radius 2 is 2.05 bits per heavy atom. The lowest BCUT2D eigenvalue weighted by Gasteiger charge is -2.28. The molecule has 112 valence electrons. The molecule has 1 aliphatic rings. The number of aliphatic imine (C=N–C) groups is 2. The van der Waals surface area contributed by atoms with Crippen LogP contribution >= 0.6 is 23.2 Å². The Bertz CT molecular complexity index is 586. The summed E-state index contributed by atoms with van der Waals surface area (Å²) in [7, 11) is 0. The van der Waals surface area contributed by atoms with Gasteiger partial charge in [-0.15, -0.1) is 0 Å². The molecule has 0 spiro atoms. The van der Waals surface area contributed by atoms with Crippen LogP contribution in [0, 0.1) is 0 Å². The predicted molar refractivity (Wildman–Crippen MR) is 85.9 cm³/mol. The van der Waals surface area contributed by atoms with Gasteiger partial charge < -0.3 is 11.1 Å². The summed E-state index contributed by atoms with van der Waals surface area (Å²) in [5.41, 5.74) is 5.32. The molecular weight excluding hydrogens is 311 g/mol. The number of halogens is 2. The van der Waals surface area contributed by atoms with Gasteiger partial charge in [-0.25, -0.2) is 9.98 Å². The second-order valence-corrected chi connectivity index (χ2v) is 5.76. The van der Waals surface area contributed by atoms with E-state index in [1.165, 1.54) is 0 Å². The van der Waals surface area contributed by atoms with Crippen LogP contribution in [0.25, 0.3) is 0 Å². The van der Waals surface area contributed by atoms with E-state index in [1.54, 1.807) is 0 Å². The Hall–Kier alpha value is -1.59. The summed E-state index contributed by atoms with van der Waals surface area (Å²) in [4.78, 5) is 19.4. The van der Waals surface area contributed by atoms with Crippen molar-refractivity contribution < 1.29 is 4.79 Å². The van der Waals surface area contributed by atoms with Crippen LogP contribution < -0.4 is 11.1 Å². The summed E-state index contributed by atoms with van der Waals surface area (Å²) in [6.45, 7) is 1.90. The van der Waals surface area contributed by atoms with Gasteiger partial charge in [0.2, 0.25) is 11.6 Å². The molecule has 1 atom stereocenters. The van der Waals surface area contributed by atoms with E-state index in [0.29, 0.717) is 18.7 Å². The first kappa shape index (κ1) is 15.8. The summed E-state index contributed by atoms with van der Waals surface area (Å²) in [6.07, 6.45) is 1.04. The molecule has 0 unspecified atom stereocenters. The van der Waals surface area contributed by atoms with E-state index in [9.17, 15) is 4.79 Å². The highest BCUT2D eigenvalue weighted by Crippen LogP contribution is 2.28. The minimum atomic E-state index is -1.40. The molecule has 0 bridgehead atoms. The Kier molecular flexibility index (Phi) is 4.85. The average Bonchev–Trinajstić information content (AvgIpc) is 2.78. The number of nitrogens with one attached hydrogen (secondary N) is 1. The molecular formula is C14H16Cl2N4O. The van der Waals surface area contributed by atoms with Crippen molar-refractivity contribution in [3.05, 3.63) is 35.9 Å². The molecule has 0 aliphatic carbocycles. The summed E-state index contributed by atoms with van der Waals surface area (Å²) in [6, 6.07) is 9.29. The molecule has 0 fully saturated rings. The highest BCUT2D eigenvalue weighted by Gasteiger charge is 2.46. The van der Waals surface area contributed by atoms with Crippen molar-refractivity contribution in [3.8, 4) is 0 Å². The number of alkyl halides is 2. The van der Waals surface area contributed by atoms with Crippen molar-refractivity contribution in [2.75, 3.05) is 0 Å². The minimum absolute atomic E-state index is 0.0841. The van der Waals surface area contributed by atoms with Crippen LogP contribution in [0.4, 0.5) is 0 Å². The monoisotopic (exact) mass is 326 g/mol. The Morgan fingerprint density at radius 1 is 1.38 bits per heavy atom. The van der Waals surface area contributed by atoms with Gasteiger partial charge in [-0.2, -0.15) is 0 Å². The van der Waals surface area contributed by atoms with Gasteiger partial charge in [0, 0.05) is 12.0 Å². The first-order valence-corrected chi connectivity index (χ1v) is 7.46. The van der Waals surface area contributed by atoms with E-state index in [-0.39, 0.29) is 11.7 Å². The van der Waals surface area contributed by atoms with Gasteiger partial charge in [0.15, 0.2) is 16.5 Å². The predicted octanol–water partition coefficient (Wildman–Crippen LogP) is 2.22. The number of carbonyl (C=O) groups excluding carboxylic acids is 1. The molecule has 1 aromatic rings. The van der Waals surface area contributed by atoms with Gasteiger partial charge in [0.25, 0.3) is 0 Å². The van der Waals surface area contributed by atoms with Crippen molar-refractivity contribution in [1.82, 2.24) is 5.32 Å². The second kappa shape index (κ2) is 6.45. The van der Waals surface area contributed by atoms with Crippen LogP contribution in [-0.4, -0.2) is 28.1 Å². The fraction of sp³-hybridized carbons (Fsp3) is 0.357. The number of hydrogen-bond donors (Lipinski definition) is 2. The smallest absolute Gasteiger partial charge is 0.222 e. The highest BCUT2D eigenvalue weighted by atomic mass is 35.5. The number of amidine groups is 2. The topological polar surface area (TPSA) is 79.8 Å². The van der Waals surface area contributed by atoms with Crippen LogP contribution in [0.2, 0.25) is 0 Å². The van der Waals surface area contributed by atoms with Crippen molar-refractivity contribution in [3.63, 3.8) is 0 Å². The fourth-order valence-electron chi connectivity index (χ4n) is 1.97. The molecule has 1 amide bonds. The van der Waals surface area contributed by atoms with Crippen LogP contribution in [0.3, 0.4) is 0 Å². The zero-order valence-electron chi connectivity index (χ0n) is 11.5. The molecule has 0 radical (unpaired) electrons. The maximum absolute atomic E-state index is 11.9. The van der Waals surface area contributed by atoms with Crippen LogP contribution in [-0.2, 0) is 4.79 Å². The molecule has 5 nitrogen and oxygen atoms in total. The number of hydrogen-bond acceptors (Lipinski definition) is 4. The van der Waals surface area contributed by atoms with E-state index in [2.05, 4.69) is 15.3 Å². The third-order valence-corrected chi connectivity index (χ3v) is 3.69. The van der Waals surface area contributed by atoms with Crippen LogP contribution in [0.15, 0.2) is 40.3 Å². The number of amides is 1. The van der Waals surface area contributed by atoms with Gasteiger partial charge in [0.1, 0.15) is 0 Å². The third kappa shape index (κ3) is 3.19. The highest BCUT2D eigenvalue weighted by molar-refractivity contribution is 6.47. The lowest BCUT2D eigenvalue weighted by molar-refractivity contribution is -0.122. The van der Waals surface area contributed by atoms with Crippen molar-refractivity contribution in [1.29, 1.82) is 0 Å². The lowest BCUT2D eigenvalue weighted by atomic mass is 10.1. The Morgan fingerprint density at radius 3 is 2.62 bits per heavy atom. The molecule has 7 heteroatoms. The van der Waals surface area contributed by atoms with Gasteiger partial charge >= 0.3 is 0 Å². The van der Waals surface area contributed by atoms with Crippen molar-refractivity contribution >= 4 is 40.8 Å². The van der Waals surface area contributed by atoms with E-state index in [1.807, 2.05) is 37.3 Å². The van der Waals surface area contributed by atoms with E-state index < -0.39 is 10.5 Å². The standard InChI is InChI=1S/C14H16Cl2N4O/c1-2-6-10(21)19-14(12(15)16)13(17)18-11(20-14)9-7-4-3-5-8-9/h3-5,7-8,12H,2,6H2,1H3,(H,19,21)(H2,17,18,20)/t14-/m1/s1. The first-order chi connectivity index (χ1) is 9.99. The summed E-state index contributed by atoms with van der Waals surface area (Å²) in [5, 5.41) is 2.70. The zero-order valence-corrected chi connectivity index (χ0v) is 13.0. The first-order valence-electron chi connectivity index (χ1n) is 6.58. The van der Waals surface area contributed by atoms with Gasteiger partial charge in [-0.3, -0.25) is 4.79 Å².